The smallest absolute Gasteiger partial charge is 0.254 e. The van der Waals surface area contributed by atoms with Gasteiger partial charge in [-0.2, -0.15) is 0 Å². The highest BCUT2D eigenvalue weighted by Gasteiger charge is 2.25. The number of hydrogen-bond acceptors (Lipinski definition) is 8. The topological polar surface area (TPSA) is 104 Å². The molecule has 0 aliphatic carbocycles. The van der Waals surface area contributed by atoms with Gasteiger partial charge in [0, 0.05) is 56.7 Å². The summed E-state index contributed by atoms with van der Waals surface area (Å²) in [6.45, 7) is 8.53. The Balaban J connectivity index is 1.23. The minimum Gasteiger partial charge on any atom is -0.348 e. The number of piperazine rings is 1. The summed E-state index contributed by atoms with van der Waals surface area (Å²) < 4.78 is 16.5. The number of hydrogen-bond donors (Lipinski definition) is 2. The monoisotopic (exact) mass is 487 g/mol. The van der Waals surface area contributed by atoms with Crippen molar-refractivity contribution in [2.75, 3.05) is 36.4 Å². The van der Waals surface area contributed by atoms with Crippen molar-refractivity contribution in [2.45, 2.75) is 26.4 Å². The summed E-state index contributed by atoms with van der Waals surface area (Å²) in [5.41, 5.74) is 3.30. The number of imidazole rings is 1. The standard InChI is InChI=1S/C25H26FN9O/c1-15(2)33-5-7-34(8-6-33)25-30-12-18(13-31-25)32-22-23-27-3-4-35(23)20(14-28-22)16-9-17-11-29-24(36)21(17)19(26)10-16/h3-4,9-10,12-15H,5-8,11H2,1-2H3,(H,28,32)(H,29,36). The summed E-state index contributed by atoms with van der Waals surface area (Å²) in [4.78, 5) is 34.6. The largest absolute Gasteiger partial charge is 0.348 e. The molecule has 0 spiro atoms. The maximum atomic E-state index is 14.7. The van der Waals surface area contributed by atoms with E-state index in [1.807, 2.05) is 10.5 Å². The Morgan fingerprint density at radius 1 is 1.03 bits per heavy atom. The Morgan fingerprint density at radius 2 is 1.81 bits per heavy atom. The third kappa shape index (κ3) is 3.91. The van der Waals surface area contributed by atoms with E-state index in [2.05, 4.69) is 54.2 Å². The Kier molecular flexibility index (Phi) is 5.48. The van der Waals surface area contributed by atoms with E-state index in [9.17, 15) is 9.18 Å². The summed E-state index contributed by atoms with van der Waals surface area (Å²) in [7, 11) is 0. The summed E-state index contributed by atoms with van der Waals surface area (Å²) >= 11 is 0. The molecule has 4 aromatic rings. The van der Waals surface area contributed by atoms with Crippen LogP contribution in [0.5, 0.6) is 0 Å². The molecule has 2 N–H and O–H groups in total. The second kappa shape index (κ2) is 8.83. The molecule has 0 radical (unpaired) electrons. The van der Waals surface area contributed by atoms with Gasteiger partial charge in [-0.3, -0.25) is 14.1 Å². The van der Waals surface area contributed by atoms with Gasteiger partial charge < -0.3 is 15.5 Å². The van der Waals surface area contributed by atoms with Crippen LogP contribution in [0.4, 0.5) is 21.8 Å². The lowest BCUT2D eigenvalue weighted by molar-refractivity contribution is 0.0962. The number of carbonyl (C=O) groups is 1. The van der Waals surface area contributed by atoms with Crippen LogP contribution in [0.3, 0.4) is 0 Å². The lowest BCUT2D eigenvalue weighted by Crippen LogP contribution is -2.49. The van der Waals surface area contributed by atoms with Crippen LogP contribution in [0, 0.1) is 5.82 Å². The maximum absolute atomic E-state index is 14.7. The Hall–Kier alpha value is -4.12. The number of rotatable bonds is 5. The summed E-state index contributed by atoms with van der Waals surface area (Å²) in [5.74, 6) is 0.315. The van der Waals surface area contributed by atoms with Crippen molar-refractivity contribution in [3.05, 3.63) is 60.1 Å². The van der Waals surface area contributed by atoms with Gasteiger partial charge in [-0.25, -0.2) is 24.3 Å². The molecule has 10 nitrogen and oxygen atoms in total. The van der Waals surface area contributed by atoms with Crippen LogP contribution >= 0.6 is 0 Å². The second-order valence-electron chi connectivity index (χ2n) is 9.30. The molecule has 1 fully saturated rings. The molecule has 36 heavy (non-hydrogen) atoms. The van der Waals surface area contributed by atoms with Crippen molar-refractivity contribution in [1.82, 2.24) is 34.6 Å². The molecule has 184 valence electrons. The first-order valence-corrected chi connectivity index (χ1v) is 12.0. The summed E-state index contributed by atoms with van der Waals surface area (Å²) in [6, 6.07) is 3.72. The van der Waals surface area contributed by atoms with Crippen molar-refractivity contribution >= 4 is 29.0 Å². The fourth-order valence-corrected chi connectivity index (χ4v) is 4.81. The number of anilines is 3. The SMILES string of the molecule is CC(C)N1CCN(c2ncc(Nc3ncc(-c4cc(F)c5c(c4)CNC5=O)n4ccnc34)cn2)CC1. The molecular formula is C25H26FN9O. The van der Waals surface area contributed by atoms with Gasteiger partial charge in [0.25, 0.3) is 5.91 Å². The van der Waals surface area contributed by atoms with Crippen LogP contribution in [0.1, 0.15) is 29.8 Å². The van der Waals surface area contributed by atoms with Gasteiger partial charge in [0.15, 0.2) is 11.5 Å². The number of benzene rings is 1. The zero-order valence-electron chi connectivity index (χ0n) is 20.1. The molecule has 0 atom stereocenters. The number of nitrogens with one attached hydrogen (secondary N) is 2. The third-order valence-electron chi connectivity index (χ3n) is 6.79. The molecule has 5 heterocycles. The molecule has 0 saturated carbocycles. The molecular weight excluding hydrogens is 461 g/mol. The Labute approximate surface area is 207 Å². The van der Waals surface area contributed by atoms with Crippen molar-refractivity contribution in [3.63, 3.8) is 0 Å². The van der Waals surface area contributed by atoms with Gasteiger partial charge in [0.05, 0.1) is 35.5 Å². The highest BCUT2D eigenvalue weighted by Crippen LogP contribution is 2.30. The van der Waals surface area contributed by atoms with Gasteiger partial charge >= 0.3 is 0 Å². The molecule has 2 aliphatic heterocycles. The molecule has 0 unspecified atom stereocenters. The first-order chi connectivity index (χ1) is 17.5. The lowest BCUT2D eigenvalue weighted by atomic mass is 10.0. The predicted molar refractivity (Wildman–Crippen MR) is 134 cm³/mol. The number of aromatic nitrogens is 5. The third-order valence-corrected chi connectivity index (χ3v) is 6.79. The summed E-state index contributed by atoms with van der Waals surface area (Å²) in [6.07, 6.45) is 8.60. The highest BCUT2D eigenvalue weighted by molar-refractivity contribution is 5.99. The van der Waals surface area contributed by atoms with E-state index in [-0.39, 0.29) is 11.5 Å². The molecule has 6 rings (SSSR count). The van der Waals surface area contributed by atoms with Gasteiger partial charge in [-0.05, 0) is 31.5 Å². The van der Waals surface area contributed by atoms with E-state index in [1.54, 1.807) is 31.0 Å². The van der Waals surface area contributed by atoms with E-state index in [4.69, 9.17) is 0 Å². The maximum Gasteiger partial charge on any atom is 0.254 e. The zero-order valence-corrected chi connectivity index (χ0v) is 20.1. The van der Waals surface area contributed by atoms with E-state index in [1.165, 1.54) is 6.07 Å². The molecule has 3 aromatic heterocycles. The molecule has 2 aliphatic rings. The van der Waals surface area contributed by atoms with Crippen LogP contribution in [0.15, 0.2) is 43.1 Å². The zero-order chi connectivity index (χ0) is 24.8. The molecule has 1 aromatic carbocycles. The van der Waals surface area contributed by atoms with Crippen LogP contribution in [0.2, 0.25) is 0 Å². The van der Waals surface area contributed by atoms with Crippen LogP contribution < -0.4 is 15.5 Å². The van der Waals surface area contributed by atoms with Gasteiger partial charge in [-0.1, -0.05) is 0 Å². The van der Waals surface area contributed by atoms with E-state index in [0.717, 1.165) is 26.2 Å². The van der Waals surface area contributed by atoms with Gasteiger partial charge in [0.2, 0.25) is 5.95 Å². The van der Waals surface area contributed by atoms with Gasteiger partial charge in [0.1, 0.15) is 5.82 Å². The minimum absolute atomic E-state index is 0.108. The normalized spacial score (nSPS) is 16.0. The van der Waals surface area contributed by atoms with Crippen molar-refractivity contribution in [2.24, 2.45) is 0 Å². The fourth-order valence-electron chi connectivity index (χ4n) is 4.81. The average Bonchev–Trinajstić information content (AvgIpc) is 3.52. The van der Waals surface area contributed by atoms with Crippen LogP contribution in [-0.4, -0.2) is 67.4 Å². The quantitative estimate of drug-likeness (QED) is 0.443. The van der Waals surface area contributed by atoms with Crippen molar-refractivity contribution in [3.8, 4) is 11.3 Å². The predicted octanol–water partition coefficient (Wildman–Crippen LogP) is 2.84. The number of carbonyl (C=O) groups excluding carboxylic acids is 1. The molecule has 0 bridgehead atoms. The Morgan fingerprint density at radius 3 is 2.56 bits per heavy atom. The Bertz CT molecular complexity index is 1440. The minimum atomic E-state index is -0.546. The number of halogens is 1. The van der Waals surface area contributed by atoms with E-state index in [0.29, 0.717) is 52.5 Å². The van der Waals surface area contributed by atoms with Crippen LogP contribution in [0.25, 0.3) is 16.9 Å². The highest BCUT2D eigenvalue weighted by atomic mass is 19.1. The van der Waals surface area contributed by atoms with Crippen LogP contribution in [-0.2, 0) is 6.54 Å². The molecule has 1 saturated heterocycles. The molecule has 11 heteroatoms. The fraction of sp³-hybridized carbons (Fsp3) is 0.320. The number of fused-ring (bicyclic) bond motifs is 2. The second-order valence-corrected chi connectivity index (χ2v) is 9.30. The molecule has 1 amide bonds. The summed E-state index contributed by atoms with van der Waals surface area (Å²) in [5, 5.41) is 5.91. The number of amides is 1. The first kappa shape index (κ1) is 22.4. The van der Waals surface area contributed by atoms with E-state index >= 15 is 0 Å². The number of nitrogens with zero attached hydrogens (tertiary/aromatic N) is 7. The van der Waals surface area contributed by atoms with Crippen molar-refractivity contribution in [1.29, 1.82) is 0 Å². The lowest BCUT2D eigenvalue weighted by Gasteiger charge is -2.36. The van der Waals surface area contributed by atoms with E-state index < -0.39 is 5.82 Å². The van der Waals surface area contributed by atoms with Crippen molar-refractivity contribution < 1.29 is 9.18 Å². The van der Waals surface area contributed by atoms with Gasteiger partial charge in [-0.15, -0.1) is 0 Å². The first-order valence-electron chi connectivity index (χ1n) is 12.0. The average molecular weight is 488 g/mol.